The molecule has 0 atom stereocenters. The first-order valence-electron chi connectivity index (χ1n) is 5.26. The van der Waals surface area contributed by atoms with Gasteiger partial charge in [-0.15, -0.1) is 0 Å². The van der Waals surface area contributed by atoms with E-state index in [0.717, 1.165) is 16.9 Å². The maximum Gasteiger partial charge on any atom is 0.164 e. The van der Waals surface area contributed by atoms with Gasteiger partial charge in [-0.25, -0.2) is 0 Å². The molecule has 0 N–H and O–H groups in total. The number of nitriles is 1. The molecule has 1 aromatic carbocycles. The largest absolute Gasteiger partial charge is 0.493 e. The quantitative estimate of drug-likeness (QED) is 0.782. The van der Waals surface area contributed by atoms with Gasteiger partial charge < -0.3 is 9.47 Å². The summed E-state index contributed by atoms with van der Waals surface area (Å²) in [4.78, 5) is 0. The average Bonchev–Trinajstić information content (AvgIpc) is 2.28. The summed E-state index contributed by atoms with van der Waals surface area (Å²) in [5.74, 6) is 1.76. The highest BCUT2D eigenvalue weighted by Gasteiger charge is 2.17. The molecule has 0 saturated heterocycles. The predicted octanol–water partition coefficient (Wildman–Crippen LogP) is 2.89. The molecule has 0 heterocycles. The van der Waals surface area contributed by atoms with Crippen molar-refractivity contribution in [3.05, 3.63) is 23.3 Å². The topological polar surface area (TPSA) is 42.2 Å². The molecule has 0 aliphatic carbocycles. The minimum Gasteiger partial charge on any atom is -0.493 e. The summed E-state index contributed by atoms with van der Waals surface area (Å²) in [5.41, 5.74) is 2.07. The molecule has 1 aromatic rings. The van der Waals surface area contributed by atoms with Gasteiger partial charge in [0.05, 0.1) is 26.7 Å². The predicted molar refractivity (Wildman–Crippen MR) is 63.0 cm³/mol. The summed E-state index contributed by atoms with van der Waals surface area (Å²) >= 11 is 0. The lowest BCUT2D eigenvalue weighted by atomic mass is 9.94. The van der Waals surface area contributed by atoms with Crippen molar-refractivity contribution in [1.82, 2.24) is 0 Å². The Morgan fingerprint density at radius 1 is 1.25 bits per heavy atom. The van der Waals surface area contributed by atoms with Crippen LogP contribution in [-0.4, -0.2) is 14.2 Å². The minimum absolute atomic E-state index is 0.299. The van der Waals surface area contributed by atoms with Gasteiger partial charge in [0, 0.05) is 5.56 Å². The van der Waals surface area contributed by atoms with Gasteiger partial charge in [0.15, 0.2) is 11.5 Å². The van der Waals surface area contributed by atoms with Crippen LogP contribution in [0.1, 0.15) is 30.9 Å². The first-order chi connectivity index (χ1) is 7.65. The second-order valence-corrected chi connectivity index (χ2v) is 3.86. The summed E-state index contributed by atoms with van der Waals surface area (Å²) in [7, 11) is 3.24. The molecule has 0 saturated carbocycles. The Kier molecular flexibility index (Phi) is 4.19. The highest BCUT2D eigenvalue weighted by Crippen LogP contribution is 2.38. The van der Waals surface area contributed by atoms with E-state index in [1.807, 2.05) is 12.1 Å². The van der Waals surface area contributed by atoms with E-state index in [-0.39, 0.29) is 0 Å². The maximum absolute atomic E-state index is 8.79. The second kappa shape index (κ2) is 5.41. The standard InChI is InChI=1S/C13H17NO2/c1-9(2)12-10(7-8-14)5-6-11(15-3)13(12)16-4/h5-6,9H,7H2,1-4H3. The molecule has 0 bridgehead atoms. The van der Waals surface area contributed by atoms with E-state index in [1.54, 1.807) is 14.2 Å². The van der Waals surface area contributed by atoms with Crippen molar-refractivity contribution in [2.45, 2.75) is 26.2 Å². The van der Waals surface area contributed by atoms with Gasteiger partial charge >= 0.3 is 0 Å². The Labute approximate surface area is 96.6 Å². The normalized spacial score (nSPS) is 10.0. The molecule has 0 spiro atoms. The highest BCUT2D eigenvalue weighted by molar-refractivity contribution is 5.52. The molecule has 0 aliphatic heterocycles. The third-order valence-corrected chi connectivity index (χ3v) is 2.52. The van der Waals surface area contributed by atoms with Crippen molar-refractivity contribution in [2.24, 2.45) is 0 Å². The molecule has 0 fully saturated rings. The van der Waals surface area contributed by atoms with E-state index in [9.17, 15) is 0 Å². The zero-order chi connectivity index (χ0) is 12.1. The van der Waals surface area contributed by atoms with Gasteiger partial charge in [-0.05, 0) is 17.5 Å². The number of rotatable bonds is 4. The molecule has 0 unspecified atom stereocenters. The molecule has 0 amide bonds. The first kappa shape index (κ1) is 12.4. The van der Waals surface area contributed by atoms with Crippen LogP contribution in [0.3, 0.4) is 0 Å². The zero-order valence-corrected chi connectivity index (χ0v) is 10.2. The Hall–Kier alpha value is -1.69. The molecule has 16 heavy (non-hydrogen) atoms. The SMILES string of the molecule is COc1ccc(CC#N)c(C(C)C)c1OC. The third kappa shape index (κ3) is 2.27. The van der Waals surface area contributed by atoms with Crippen molar-refractivity contribution < 1.29 is 9.47 Å². The fraction of sp³-hybridized carbons (Fsp3) is 0.462. The number of nitrogens with zero attached hydrogens (tertiary/aromatic N) is 1. The molecule has 0 aromatic heterocycles. The van der Waals surface area contributed by atoms with Crippen LogP contribution in [0.25, 0.3) is 0 Å². The second-order valence-electron chi connectivity index (χ2n) is 3.86. The zero-order valence-electron chi connectivity index (χ0n) is 10.2. The lowest BCUT2D eigenvalue weighted by Gasteiger charge is -2.18. The van der Waals surface area contributed by atoms with Gasteiger partial charge in [-0.3, -0.25) is 0 Å². The van der Waals surface area contributed by atoms with Gasteiger partial charge in [-0.2, -0.15) is 5.26 Å². The van der Waals surface area contributed by atoms with Crippen molar-refractivity contribution in [1.29, 1.82) is 5.26 Å². The van der Waals surface area contributed by atoms with Crippen LogP contribution in [0, 0.1) is 11.3 Å². The molecular weight excluding hydrogens is 202 g/mol. The summed E-state index contributed by atoms with van der Waals surface area (Å²) in [6, 6.07) is 5.95. The van der Waals surface area contributed by atoms with Crippen LogP contribution >= 0.6 is 0 Å². The summed E-state index contributed by atoms with van der Waals surface area (Å²) < 4.78 is 10.6. The monoisotopic (exact) mass is 219 g/mol. The Balaban J connectivity index is 3.39. The lowest BCUT2D eigenvalue weighted by molar-refractivity contribution is 0.350. The van der Waals surface area contributed by atoms with Crippen molar-refractivity contribution in [2.75, 3.05) is 14.2 Å². The molecular formula is C13H17NO2. The number of hydrogen-bond acceptors (Lipinski definition) is 3. The average molecular weight is 219 g/mol. The summed E-state index contributed by atoms with van der Waals surface area (Å²) in [6.45, 7) is 4.16. The van der Waals surface area contributed by atoms with Crippen LogP contribution < -0.4 is 9.47 Å². The summed E-state index contributed by atoms with van der Waals surface area (Å²) in [5, 5.41) is 8.79. The van der Waals surface area contributed by atoms with Crippen LogP contribution in [-0.2, 0) is 6.42 Å². The molecule has 0 aliphatic rings. The Morgan fingerprint density at radius 3 is 2.38 bits per heavy atom. The van der Waals surface area contributed by atoms with Gasteiger partial charge in [0.1, 0.15) is 0 Å². The highest BCUT2D eigenvalue weighted by atomic mass is 16.5. The van der Waals surface area contributed by atoms with Crippen LogP contribution in [0.4, 0.5) is 0 Å². The minimum atomic E-state index is 0.299. The fourth-order valence-electron chi connectivity index (χ4n) is 1.86. The summed E-state index contributed by atoms with van der Waals surface area (Å²) in [6.07, 6.45) is 0.397. The van der Waals surface area contributed by atoms with Crippen LogP contribution in [0.2, 0.25) is 0 Å². The van der Waals surface area contributed by atoms with Crippen molar-refractivity contribution in [3.63, 3.8) is 0 Å². The van der Waals surface area contributed by atoms with E-state index < -0.39 is 0 Å². The number of ether oxygens (including phenoxy) is 2. The Bertz CT molecular complexity index is 405. The lowest BCUT2D eigenvalue weighted by Crippen LogP contribution is -2.02. The van der Waals surface area contributed by atoms with E-state index in [2.05, 4.69) is 19.9 Å². The van der Waals surface area contributed by atoms with Gasteiger partial charge in [0.2, 0.25) is 0 Å². The van der Waals surface area contributed by atoms with Gasteiger partial charge in [-0.1, -0.05) is 19.9 Å². The Morgan fingerprint density at radius 2 is 1.94 bits per heavy atom. The van der Waals surface area contributed by atoms with Crippen molar-refractivity contribution in [3.8, 4) is 17.6 Å². The maximum atomic E-state index is 8.79. The number of benzene rings is 1. The molecule has 86 valence electrons. The van der Waals surface area contributed by atoms with E-state index in [4.69, 9.17) is 14.7 Å². The van der Waals surface area contributed by atoms with Crippen LogP contribution in [0.5, 0.6) is 11.5 Å². The fourth-order valence-corrected chi connectivity index (χ4v) is 1.86. The molecule has 3 nitrogen and oxygen atoms in total. The molecule has 3 heteroatoms. The first-order valence-corrected chi connectivity index (χ1v) is 5.26. The van der Waals surface area contributed by atoms with E-state index in [1.165, 1.54) is 0 Å². The van der Waals surface area contributed by atoms with Gasteiger partial charge in [0.25, 0.3) is 0 Å². The molecule has 0 radical (unpaired) electrons. The number of methoxy groups -OCH3 is 2. The molecule has 1 rings (SSSR count). The van der Waals surface area contributed by atoms with E-state index in [0.29, 0.717) is 18.1 Å². The van der Waals surface area contributed by atoms with E-state index >= 15 is 0 Å². The third-order valence-electron chi connectivity index (χ3n) is 2.52. The van der Waals surface area contributed by atoms with Crippen LogP contribution in [0.15, 0.2) is 12.1 Å². The smallest absolute Gasteiger partial charge is 0.164 e. The van der Waals surface area contributed by atoms with Crippen molar-refractivity contribution >= 4 is 0 Å². The number of hydrogen-bond donors (Lipinski definition) is 0.